The standard InChI is InChI=1S/C13H19N3O2S/c14-19(17,18)13-3-1-2-10(8-13)15-11-6-7-16(9-11)12-4-5-12/h1-3,8,11-12,15H,4-7,9H2,(H2,14,17,18). The number of anilines is 1. The monoisotopic (exact) mass is 281 g/mol. The van der Waals surface area contributed by atoms with Gasteiger partial charge in [0.15, 0.2) is 0 Å². The minimum absolute atomic E-state index is 0.162. The van der Waals surface area contributed by atoms with E-state index in [2.05, 4.69) is 10.2 Å². The molecule has 3 N–H and O–H groups in total. The molecule has 0 amide bonds. The number of nitrogens with two attached hydrogens (primary N) is 1. The van der Waals surface area contributed by atoms with Gasteiger partial charge in [-0.15, -0.1) is 0 Å². The molecule has 2 aliphatic rings. The molecule has 1 aliphatic heterocycles. The zero-order valence-electron chi connectivity index (χ0n) is 10.7. The molecule has 19 heavy (non-hydrogen) atoms. The summed E-state index contributed by atoms with van der Waals surface area (Å²) in [5.41, 5.74) is 0.828. The van der Waals surface area contributed by atoms with Crippen LogP contribution in [0.1, 0.15) is 19.3 Å². The highest BCUT2D eigenvalue weighted by Crippen LogP contribution is 2.30. The van der Waals surface area contributed by atoms with Gasteiger partial charge >= 0.3 is 0 Å². The lowest BCUT2D eigenvalue weighted by atomic mass is 10.2. The molecule has 0 spiro atoms. The molecular weight excluding hydrogens is 262 g/mol. The number of hydrogen-bond donors (Lipinski definition) is 2. The van der Waals surface area contributed by atoms with Gasteiger partial charge in [-0.25, -0.2) is 13.6 Å². The molecule has 1 heterocycles. The second-order valence-corrected chi connectivity index (χ2v) is 6.99. The molecule has 1 saturated carbocycles. The van der Waals surface area contributed by atoms with Crippen LogP contribution in [0, 0.1) is 0 Å². The molecule has 104 valence electrons. The first-order chi connectivity index (χ1) is 9.02. The van der Waals surface area contributed by atoms with Crippen LogP contribution in [0.2, 0.25) is 0 Å². The average molecular weight is 281 g/mol. The van der Waals surface area contributed by atoms with Gasteiger partial charge in [-0.05, 0) is 37.5 Å². The molecule has 1 unspecified atom stereocenters. The van der Waals surface area contributed by atoms with Crippen molar-refractivity contribution < 1.29 is 8.42 Å². The van der Waals surface area contributed by atoms with Crippen molar-refractivity contribution in [1.29, 1.82) is 0 Å². The van der Waals surface area contributed by atoms with Crippen LogP contribution in [0.25, 0.3) is 0 Å². The highest BCUT2D eigenvalue weighted by molar-refractivity contribution is 7.89. The number of nitrogens with one attached hydrogen (secondary N) is 1. The Bertz CT molecular complexity index is 569. The van der Waals surface area contributed by atoms with E-state index in [1.807, 2.05) is 6.07 Å². The van der Waals surface area contributed by atoms with Crippen LogP contribution in [0.3, 0.4) is 0 Å². The first-order valence-electron chi connectivity index (χ1n) is 6.66. The Hall–Kier alpha value is -1.11. The normalized spacial score (nSPS) is 24.6. The van der Waals surface area contributed by atoms with Gasteiger partial charge in [0.2, 0.25) is 10.0 Å². The molecule has 1 aromatic carbocycles. The van der Waals surface area contributed by atoms with Gasteiger partial charge in [-0.2, -0.15) is 0 Å². The molecule has 5 nitrogen and oxygen atoms in total. The highest BCUT2D eigenvalue weighted by atomic mass is 32.2. The third kappa shape index (κ3) is 3.08. The molecule has 2 fully saturated rings. The third-order valence-corrected chi connectivity index (χ3v) is 4.73. The summed E-state index contributed by atoms with van der Waals surface area (Å²) in [7, 11) is -3.62. The van der Waals surface area contributed by atoms with Crippen molar-refractivity contribution in [2.45, 2.75) is 36.2 Å². The summed E-state index contributed by atoms with van der Waals surface area (Å²) in [4.78, 5) is 2.68. The summed E-state index contributed by atoms with van der Waals surface area (Å²) >= 11 is 0. The first-order valence-corrected chi connectivity index (χ1v) is 8.20. The molecule has 6 heteroatoms. The van der Waals surface area contributed by atoms with Gasteiger partial charge in [-0.3, -0.25) is 4.90 Å². The lowest BCUT2D eigenvalue weighted by Gasteiger charge is -2.17. The van der Waals surface area contributed by atoms with Crippen molar-refractivity contribution in [2.24, 2.45) is 5.14 Å². The zero-order chi connectivity index (χ0) is 13.5. The van der Waals surface area contributed by atoms with Crippen LogP contribution in [0.15, 0.2) is 29.2 Å². The van der Waals surface area contributed by atoms with E-state index in [0.717, 1.165) is 31.2 Å². The zero-order valence-corrected chi connectivity index (χ0v) is 11.6. The van der Waals surface area contributed by atoms with Crippen molar-refractivity contribution in [2.75, 3.05) is 18.4 Å². The lowest BCUT2D eigenvalue weighted by molar-refractivity contribution is 0.326. The fourth-order valence-corrected chi connectivity index (χ4v) is 3.23. The summed E-state index contributed by atoms with van der Waals surface area (Å²) < 4.78 is 22.6. The highest BCUT2D eigenvalue weighted by Gasteiger charge is 2.34. The average Bonchev–Trinajstić information content (AvgIpc) is 3.10. The summed E-state index contributed by atoms with van der Waals surface area (Å²) in [6.45, 7) is 2.18. The summed E-state index contributed by atoms with van der Waals surface area (Å²) in [6, 6.07) is 7.92. The molecule has 0 bridgehead atoms. The number of hydrogen-bond acceptors (Lipinski definition) is 4. The smallest absolute Gasteiger partial charge is 0.238 e. The maximum atomic E-state index is 11.3. The second kappa shape index (κ2) is 4.77. The number of rotatable bonds is 4. The van der Waals surface area contributed by atoms with E-state index in [4.69, 9.17) is 5.14 Å². The fourth-order valence-electron chi connectivity index (χ4n) is 2.68. The van der Waals surface area contributed by atoms with Crippen molar-refractivity contribution in [1.82, 2.24) is 4.90 Å². The van der Waals surface area contributed by atoms with Crippen LogP contribution >= 0.6 is 0 Å². The van der Waals surface area contributed by atoms with E-state index in [1.54, 1.807) is 12.1 Å². The van der Waals surface area contributed by atoms with Crippen molar-refractivity contribution in [3.05, 3.63) is 24.3 Å². The maximum absolute atomic E-state index is 11.3. The Labute approximate surface area is 113 Å². The summed E-state index contributed by atoms with van der Waals surface area (Å²) in [5, 5.41) is 8.54. The topological polar surface area (TPSA) is 75.4 Å². The lowest BCUT2D eigenvalue weighted by Crippen LogP contribution is -2.27. The maximum Gasteiger partial charge on any atom is 0.238 e. The van der Waals surface area contributed by atoms with Gasteiger partial charge in [0.05, 0.1) is 4.90 Å². The molecule has 1 saturated heterocycles. The van der Waals surface area contributed by atoms with E-state index in [9.17, 15) is 8.42 Å². The molecule has 1 atom stereocenters. The molecule has 0 aromatic heterocycles. The predicted octanol–water partition coefficient (Wildman–Crippen LogP) is 0.983. The van der Waals surface area contributed by atoms with Gasteiger partial charge in [0.25, 0.3) is 0 Å². The largest absolute Gasteiger partial charge is 0.381 e. The second-order valence-electron chi connectivity index (χ2n) is 5.43. The number of nitrogens with zero attached hydrogens (tertiary/aromatic N) is 1. The van der Waals surface area contributed by atoms with Gasteiger partial charge in [0.1, 0.15) is 0 Å². The van der Waals surface area contributed by atoms with E-state index >= 15 is 0 Å². The van der Waals surface area contributed by atoms with Crippen molar-refractivity contribution in [3.63, 3.8) is 0 Å². The molecular formula is C13H19N3O2S. The number of likely N-dealkylation sites (tertiary alicyclic amines) is 1. The van der Waals surface area contributed by atoms with Crippen molar-refractivity contribution in [3.8, 4) is 0 Å². The Kier molecular flexibility index (Phi) is 3.24. The molecule has 1 aliphatic carbocycles. The number of sulfonamides is 1. The predicted molar refractivity (Wildman–Crippen MR) is 74.4 cm³/mol. The summed E-state index contributed by atoms with van der Waals surface area (Å²) in [6.07, 6.45) is 3.76. The van der Waals surface area contributed by atoms with Crippen LogP contribution in [-0.2, 0) is 10.0 Å². The van der Waals surface area contributed by atoms with Crippen LogP contribution in [0.5, 0.6) is 0 Å². The summed E-state index contributed by atoms with van der Waals surface area (Å²) in [5.74, 6) is 0. The van der Waals surface area contributed by atoms with Crippen molar-refractivity contribution >= 4 is 15.7 Å². The van der Waals surface area contributed by atoms with E-state index < -0.39 is 10.0 Å². The Morgan fingerprint density at radius 1 is 1.26 bits per heavy atom. The SMILES string of the molecule is NS(=O)(=O)c1cccc(NC2CCN(C3CC3)C2)c1. The van der Waals surface area contributed by atoms with E-state index in [0.29, 0.717) is 6.04 Å². The number of primary sulfonamides is 1. The van der Waals surface area contributed by atoms with E-state index in [1.165, 1.54) is 18.9 Å². The van der Waals surface area contributed by atoms with Gasteiger partial charge in [0, 0.05) is 30.9 Å². The fraction of sp³-hybridized carbons (Fsp3) is 0.538. The van der Waals surface area contributed by atoms with Crippen LogP contribution in [-0.4, -0.2) is 38.5 Å². The number of benzene rings is 1. The third-order valence-electron chi connectivity index (χ3n) is 3.82. The van der Waals surface area contributed by atoms with Gasteiger partial charge < -0.3 is 5.32 Å². The molecule has 1 aromatic rings. The minimum Gasteiger partial charge on any atom is -0.381 e. The molecule has 3 rings (SSSR count). The first kappa shape index (κ1) is 12.9. The van der Waals surface area contributed by atoms with Crippen LogP contribution < -0.4 is 10.5 Å². The molecule has 0 radical (unpaired) electrons. The van der Waals surface area contributed by atoms with Gasteiger partial charge in [-0.1, -0.05) is 6.07 Å². The Morgan fingerprint density at radius 2 is 2.05 bits per heavy atom. The van der Waals surface area contributed by atoms with E-state index in [-0.39, 0.29) is 4.90 Å². The Balaban J connectivity index is 1.67. The Morgan fingerprint density at radius 3 is 2.74 bits per heavy atom. The minimum atomic E-state index is -3.62. The quantitative estimate of drug-likeness (QED) is 0.863. The van der Waals surface area contributed by atoms with Crippen LogP contribution in [0.4, 0.5) is 5.69 Å².